The quantitative estimate of drug-likeness (QED) is 0.558. The Morgan fingerprint density at radius 3 is 2.53 bits per heavy atom. The van der Waals surface area contributed by atoms with Gasteiger partial charge in [0.1, 0.15) is 29.4 Å². The lowest BCUT2D eigenvalue weighted by Crippen LogP contribution is -2.50. The number of nitrogens with zero attached hydrogens (tertiary/aromatic N) is 5. The molecule has 1 amide bonds. The average Bonchev–Trinajstić information content (AvgIpc) is 3.44. The van der Waals surface area contributed by atoms with E-state index in [0.29, 0.717) is 29.7 Å². The summed E-state index contributed by atoms with van der Waals surface area (Å²) >= 11 is 0. The van der Waals surface area contributed by atoms with Gasteiger partial charge in [-0.3, -0.25) is 9.78 Å². The average molecular weight is 507 g/mol. The Balaban J connectivity index is 1.54. The number of amides is 1. The van der Waals surface area contributed by atoms with E-state index in [0.717, 1.165) is 30.5 Å². The lowest BCUT2D eigenvalue weighted by Gasteiger charge is -2.32. The van der Waals surface area contributed by atoms with E-state index in [-0.39, 0.29) is 24.9 Å². The first-order valence-corrected chi connectivity index (χ1v) is 12.1. The number of carbonyl (C=O) groups excluding carboxylic acids is 1. The first-order valence-electron chi connectivity index (χ1n) is 12.1. The van der Waals surface area contributed by atoms with Gasteiger partial charge in [0.15, 0.2) is 5.82 Å². The highest BCUT2D eigenvalue weighted by Crippen LogP contribution is 2.48. The van der Waals surface area contributed by atoms with Gasteiger partial charge in [-0.1, -0.05) is 0 Å². The predicted molar refractivity (Wildman–Crippen MR) is 130 cm³/mol. The number of nitrogens with one attached hydrogen (secondary N) is 1. The molecule has 2 aliphatic carbocycles. The van der Waals surface area contributed by atoms with Crippen LogP contribution in [-0.2, 0) is 17.6 Å². The van der Waals surface area contributed by atoms with E-state index < -0.39 is 17.6 Å². The minimum atomic E-state index is -4.45. The van der Waals surface area contributed by atoms with Gasteiger partial charge in [-0.15, -0.1) is 0 Å². The number of fused-ring (bicyclic) bond motifs is 1. The van der Waals surface area contributed by atoms with Crippen molar-refractivity contribution in [1.29, 1.82) is 0 Å². The Morgan fingerprint density at radius 2 is 1.89 bits per heavy atom. The number of ether oxygens (including phenoxy) is 1. The molecule has 196 valence electrons. The molecule has 0 bridgehead atoms. The normalized spacial score (nSPS) is 16.6. The lowest BCUT2D eigenvalue weighted by atomic mass is 10.1. The zero-order chi connectivity index (χ0) is 26.3. The van der Waals surface area contributed by atoms with Crippen LogP contribution in [0.1, 0.15) is 44.4 Å². The molecular weight excluding hydrogens is 473 g/mol. The zero-order valence-electron chi connectivity index (χ0n) is 21.4. The number of hydrogen-bond acceptors (Lipinski definition) is 7. The van der Waals surface area contributed by atoms with Crippen molar-refractivity contribution >= 4 is 11.7 Å². The predicted octanol–water partition coefficient (Wildman–Crippen LogP) is 3.39. The van der Waals surface area contributed by atoms with Crippen molar-refractivity contribution in [2.75, 3.05) is 39.2 Å². The minimum Gasteiger partial charge on any atom is -0.492 e. The molecular formula is C25H33F3N6O2. The summed E-state index contributed by atoms with van der Waals surface area (Å²) in [7, 11) is 5.64. The van der Waals surface area contributed by atoms with Crippen molar-refractivity contribution in [3.8, 4) is 17.3 Å². The highest BCUT2D eigenvalue weighted by atomic mass is 19.4. The van der Waals surface area contributed by atoms with Crippen LogP contribution in [-0.4, -0.2) is 77.3 Å². The van der Waals surface area contributed by atoms with Gasteiger partial charge >= 0.3 is 6.18 Å². The SMILES string of the molecule is CN(CC(=O)NC1(C(F)(F)F)CC1)c1nc(-c2cc(OCC(C)(C)N(C)C)ccn2)nc2c1CCC2. The van der Waals surface area contributed by atoms with Crippen molar-refractivity contribution in [3.05, 3.63) is 29.6 Å². The van der Waals surface area contributed by atoms with Crippen molar-refractivity contribution in [3.63, 3.8) is 0 Å². The number of carbonyl (C=O) groups is 1. The molecule has 0 aliphatic heterocycles. The van der Waals surface area contributed by atoms with Gasteiger partial charge in [0.2, 0.25) is 5.91 Å². The van der Waals surface area contributed by atoms with Crippen molar-refractivity contribution in [2.24, 2.45) is 0 Å². The summed E-state index contributed by atoms with van der Waals surface area (Å²) in [5.74, 6) is 0.886. The third-order valence-electron chi connectivity index (χ3n) is 7.09. The highest BCUT2D eigenvalue weighted by Gasteiger charge is 2.64. The Labute approximate surface area is 209 Å². The minimum absolute atomic E-state index is 0.0885. The summed E-state index contributed by atoms with van der Waals surface area (Å²) < 4.78 is 45.8. The molecule has 0 aromatic carbocycles. The van der Waals surface area contributed by atoms with Gasteiger partial charge in [0, 0.05) is 36.1 Å². The molecule has 11 heteroatoms. The van der Waals surface area contributed by atoms with E-state index in [2.05, 4.69) is 29.0 Å². The van der Waals surface area contributed by atoms with Crippen molar-refractivity contribution in [2.45, 2.75) is 63.2 Å². The molecule has 0 atom stereocenters. The van der Waals surface area contributed by atoms with Crippen LogP contribution in [0.25, 0.3) is 11.5 Å². The van der Waals surface area contributed by atoms with Crippen LogP contribution in [0, 0.1) is 0 Å². The zero-order valence-corrected chi connectivity index (χ0v) is 21.4. The smallest absolute Gasteiger partial charge is 0.411 e. The largest absolute Gasteiger partial charge is 0.492 e. The summed E-state index contributed by atoms with van der Waals surface area (Å²) in [6, 6.07) is 3.55. The molecule has 0 spiro atoms. The maximum Gasteiger partial charge on any atom is 0.411 e. The van der Waals surface area contributed by atoms with Crippen molar-refractivity contribution in [1.82, 2.24) is 25.2 Å². The molecule has 2 heterocycles. The maximum atomic E-state index is 13.3. The van der Waals surface area contributed by atoms with Gasteiger partial charge in [-0.2, -0.15) is 13.2 Å². The van der Waals surface area contributed by atoms with Gasteiger partial charge < -0.3 is 19.9 Å². The van der Waals surface area contributed by atoms with Crippen LogP contribution in [0.5, 0.6) is 5.75 Å². The number of likely N-dealkylation sites (N-methyl/N-ethyl adjacent to an activating group) is 2. The molecule has 1 saturated carbocycles. The fourth-order valence-corrected chi connectivity index (χ4v) is 4.06. The standard InChI is InChI=1S/C25H33F3N6O2/c1-23(2,33(3)4)15-36-16-9-12-29-19(13-16)21-30-18-8-6-7-17(18)22(31-21)34(5)14-20(35)32-24(10-11-24)25(26,27)28/h9,12-13H,6-8,10-11,14-15H2,1-5H3,(H,32,35). The van der Waals surface area contributed by atoms with Gasteiger partial charge in [-0.25, -0.2) is 9.97 Å². The number of hydrogen-bond donors (Lipinski definition) is 1. The number of rotatable bonds is 9. The van der Waals surface area contributed by atoms with Crippen LogP contribution in [0.2, 0.25) is 0 Å². The van der Waals surface area contributed by atoms with E-state index in [1.54, 1.807) is 30.3 Å². The van der Waals surface area contributed by atoms with Gasteiger partial charge in [0.05, 0.1) is 6.54 Å². The van der Waals surface area contributed by atoms with Crippen molar-refractivity contribution < 1.29 is 22.7 Å². The third kappa shape index (κ3) is 5.40. The fraction of sp³-hybridized carbons (Fsp3) is 0.600. The highest BCUT2D eigenvalue weighted by molar-refractivity contribution is 5.82. The molecule has 1 N–H and O–H groups in total. The molecule has 0 saturated heterocycles. The second-order valence-electron chi connectivity index (χ2n) is 10.5. The molecule has 2 aromatic rings. The second kappa shape index (κ2) is 9.49. The number of pyridine rings is 1. The number of anilines is 1. The van der Waals surface area contributed by atoms with Crippen LogP contribution in [0.4, 0.5) is 19.0 Å². The summed E-state index contributed by atoms with van der Waals surface area (Å²) in [6.45, 7) is 4.39. The Bertz CT molecular complexity index is 1130. The topological polar surface area (TPSA) is 83.5 Å². The Morgan fingerprint density at radius 1 is 1.17 bits per heavy atom. The number of aryl methyl sites for hydroxylation is 1. The molecule has 1 fully saturated rings. The van der Waals surface area contributed by atoms with E-state index in [9.17, 15) is 18.0 Å². The van der Waals surface area contributed by atoms with E-state index in [1.807, 2.05) is 14.1 Å². The van der Waals surface area contributed by atoms with E-state index in [1.165, 1.54) is 0 Å². The molecule has 2 aliphatic rings. The van der Waals surface area contributed by atoms with Gasteiger partial charge in [-0.05, 0) is 66.1 Å². The first-order chi connectivity index (χ1) is 16.8. The first kappa shape index (κ1) is 26.1. The monoisotopic (exact) mass is 506 g/mol. The molecule has 36 heavy (non-hydrogen) atoms. The lowest BCUT2D eigenvalue weighted by molar-refractivity contribution is -0.170. The maximum absolute atomic E-state index is 13.3. The molecule has 0 radical (unpaired) electrons. The number of alkyl halides is 3. The van der Waals surface area contributed by atoms with Crippen LogP contribution >= 0.6 is 0 Å². The van der Waals surface area contributed by atoms with Crippen LogP contribution < -0.4 is 15.0 Å². The number of aromatic nitrogens is 3. The van der Waals surface area contributed by atoms with E-state index in [4.69, 9.17) is 14.7 Å². The summed E-state index contributed by atoms with van der Waals surface area (Å²) in [5, 5.41) is 2.18. The summed E-state index contributed by atoms with van der Waals surface area (Å²) in [6.07, 6.45) is -0.586. The van der Waals surface area contributed by atoms with E-state index >= 15 is 0 Å². The Hall–Kier alpha value is -2.95. The Kier molecular flexibility index (Phi) is 6.89. The fourth-order valence-electron chi connectivity index (χ4n) is 4.06. The summed E-state index contributed by atoms with van der Waals surface area (Å²) in [4.78, 5) is 30.0. The molecule has 0 unspecified atom stereocenters. The summed E-state index contributed by atoms with van der Waals surface area (Å²) in [5.41, 5.74) is 0.0619. The molecule has 2 aromatic heterocycles. The van der Waals surface area contributed by atoms with Crippen LogP contribution in [0.15, 0.2) is 18.3 Å². The third-order valence-corrected chi connectivity index (χ3v) is 7.09. The second-order valence-corrected chi connectivity index (χ2v) is 10.5. The number of halogens is 3. The molecule has 4 rings (SSSR count). The molecule has 8 nitrogen and oxygen atoms in total. The van der Waals surface area contributed by atoms with Crippen LogP contribution in [0.3, 0.4) is 0 Å². The van der Waals surface area contributed by atoms with Gasteiger partial charge in [0.25, 0.3) is 0 Å².